The van der Waals surface area contributed by atoms with Gasteiger partial charge in [-0.15, -0.1) is 0 Å². The van der Waals surface area contributed by atoms with E-state index < -0.39 is 63.2 Å². The van der Waals surface area contributed by atoms with Crippen LogP contribution in [0.4, 0.5) is 4.79 Å². The van der Waals surface area contributed by atoms with Gasteiger partial charge in [0.25, 0.3) is 11.8 Å². The Morgan fingerprint density at radius 1 is 1.13 bits per heavy atom. The Bertz CT molecular complexity index is 1250. The molecule has 0 radical (unpaired) electrons. The molecule has 4 rings (SSSR count). The summed E-state index contributed by atoms with van der Waals surface area (Å²) < 4.78 is 32.9. The summed E-state index contributed by atoms with van der Waals surface area (Å²) in [5, 5.41) is 3.22. The minimum Gasteiger partial charge on any atom is -0.436 e. The lowest BCUT2D eigenvalue weighted by molar-refractivity contribution is -0.146. The first-order valence-corrected chi connectivity index (χ1v) is 15.1. The number of primary amides is 1. The SMILES string of the molecule is NC(=O)OC1CCCCC/C=C/C2CC2(C(=O)NS(=O)(=O)Cc2ccc(Cl)cc2)NC(=O)C2CCCN2C1=O. The van der Waals surface area contributed by atoms with Crippen molar-refractivity contribution in [1.82, 2.24) is 14.9 Å². The van der Waals surface area contributed by atoms with Crippen LogP contribution < -0.4 is 15.8 Å². The van der Waals surface area contributed by atoms with E-state index in [1.165, 1.54) is 4.90 Å². The number of nitrogens with one attached hydrogen (secondary N) is 2. The number of sulfonamides is 1. The molecular formula is C26H33ClN4O7S. The van der Waals surface area contributed by atoms with E-state index in [0.29, 0.717) is 36.3 Å². The number of hydrogen-bond donors (Lipinski definition) is 3. The molecule has 1 saturated carbocycles. The maximum absolute atomic E-state index is 13.4. The molecule has 4 amide bonds. The Morgan fingerprint density at radius 2 is 1.87 bits per heavy atom. The lowest BCUT2D eigenvalue weighted by Crippen LogP contribution is -2.57. The van der Waals surface area contributed by atoms with Gasteiger partial charge in [0.15, 0.2) is 6.10 Å². The highest BCUT2D eigenvalue weighted by atomic mass is 35.5. The van der Waals surface area contributed by atoms with Crippen LogP contribution in [-0.4, -0.2) is 61.4 Å². The molecular weight excluding hydrogens is 548 g/mol. The molecule has 2 aliphatic heterocycles. The summed E-state index contributed by atoms with van der Waals surface area (Å²) in [6, 6.07) is 5.34. The third-order valence-corrected chi connectivity index (χ3v) is 8.82. The van der Waals surface area contributed by atoms with Crippen LogP contribution in [0.2, 0.25) is 5.02 Å². The van der Waals surface area contributed by atoms with Gasteiger partial charge in [0.2, 0.25) is 15.9 Å². The fourth-order valence-corrected chi connectivity index (χ4v) is 6.54. The molecule has 0 spiro atoms. The van der Waals surface area contributed by atoms with E-state index in [1.54, 1.807) is 24.3 Å². The zero-order valence-corrected chi connectivity index (χ0v) is 23.0. The highest BCUT2D eigenvalue weighted by Crippen LogP contribution is 2.45. The number of rotatable bonds is 5. The van der Waals surface area contributed by atoms with Gasteiger partial charge < -0.3 is 20.7 Å². The number of benzene rings is 1. The standard InChI is InChI=1S/C26H33ClN4O7S/c27-19-12-10-17(11-13-19)16-39(36,37)30-24(34)26-15-18(26)7-4-2-1-3-5-9-21(38-25(28)35)23(33)31-14-6-8-20(31)22(32)29-26/h4,7,10-13,18,20-21H,1-3,5-6,8-9,14-16H2,(H2,28,35)(H,29,32)(H,30,34)/b7-4+. The van der Waals surface area contributed by atoms with Gasteiger partial charge in [0.05, 0.1) is 5.75 Å². The minimum atomic E-state index is -4.08. The molecule has 212 valence electrons. The average Bonchev–Trinajstić information content (AvgIpc) is 3.33. The van der Waals surface area contributed by atoms with Gasteiger partial charge in [-0.1, -0.05) is 42.3 Å². The van der Waals surface area contributed by atoms with E-state index in [2.05, 4.69) is 10.0 Å². The van der Waals surface area contributed by atoms with Crippen molar-refractivity contribution in [3.63, 3.8) is 0 Å². The number of allylic oxidation sites excluding steroid dienone is 1. The molecule has 11 nitrogen and oxygen atoms in total. The van der Waals surface area contributed by atoms with Crippen LogP contribution in [0, 0.1) is 5.92 Å². The van der Waals surface area contributed by atoms with Crippen LogP contribution in [-0.2, 0) is 34.9 Å². The fourth-order valence-electron chi connectivity index (χ4n) is 5.24. The fraction of sp³-hybridized carbons (Fsp3) is 0.538. The lowest BCUT2D eigenvalue weighted by Gasteiger charge is -2.29. The van der Waals surface area contributed by atoms with Gasteiger partial charge in [0, 0.05) is 17.5 Å². The molecule has 1 aromatic rings. The van der Waals surface area contributed by atoms with Crippen LogP contribution in [0.15, 0.2) is 36.4 Å². The van der Waals surface area contributed by atoms with Crippen LogP contribution in [0.1, 0.15) is 56.9 Å². The van der Waals surface area contributed by atoms with Gasteiger partial charge >= 0.3 is 6.09 Å². The largest absolute Gasteiger partial charge is 0.436 e. The predicted octanol–water partition coefficient (Wildman–Crippen LogP) is 2.14. The van der Waals surface area contributed by atoms with E-state index >= 15 is 0 Å². The van der Waals surface area contributed by atoms with Crippen LogP contribution in [0.3, 0.4) is 0 Å². The van der Waals surface area contributed by atoms with Crippen molar-refractivity contribution < 1.29 is 32.3 Å². The number of carbonyl (C=O) groups is 4. The first kappa shape index (κ1) is 28.9. The number of nitrogens with zero attached hydrogens (tertiary/aromatic N) is 1. The van der Waals surface area contributed by atoms with Gasteiger partial charge in [-0.05, 0) is 62.6 Å². The molecule has 13 heteroatoms. The monoisotopic (exact) mass is 580 g/mol. The van der Waals surface area contributed by atoms with Crippen molar-refractivity contribution in [2.45, 2.75) is 74.8 Å². The second-order valence-electron chi connectivity index (χ2n) is 10.3. The van der Waals surface area contributed by atoms with E-state index in [4.69, 9.17) is 22.1 Å². The number of nitrogens with two attached hydrogens (primary N) is 1. The first-order valence-electron chi connectivity index (χ1n) is 13.1. The number of fused-ring (bicyclic) bond motifs is 2. The van der Waals surface area contributed by atoms with E-state index in [0.717, 1.165) is 12.8 Å². The smallest absolute Gasteiger partial charge is 0.405 e. The number of ether oxygens (including phenoxy) is 1. The molecule has 4 atom stereocenters. The Labute approximate surface area is 232 Å². The quantitative estimate of drug-likeness (QED) is 0.449. The van der Waals surface area contributed by atoms with Gasteiger partial charge in [-0.2, -0.15) is 0 Å². The third-order valence-electron chi connectivity index (χ3n) is 7.36. The van der Waals surface area contributed by atoms with Gasteiger partial charge in [0.1, 0.15) is 11.6 Å². The van der Waals surface area contributed by atoms with Crippen molar-refractivity contribution in [1.29, 1.82) is 0 Å². The van der Waals surface area contributed by atoms with Crippen molar-refractivity contribution >= 4 is 45.4 Å². The maximum Gasteiger partial charge on any atom is 0.405 e. The summed E-state index contributed by atoms with van der Waals surface area (Å²) in [7, 11) is -4.08. The Balaban J connectivity index is 1.54. The van der Waals surface area contributed by atoms with Crippen LogP contribution >= 0.6 is 11.6 Å². The summed E-state index contributed by atoms with van der Waals surface area (Å²) >= 11 is 5.87. The Hall–Kier alpha value is -3.12. The number of carbonyl (C=O) groups excluding carboxylic acids is 4. The molecule has 4 N–H and O–H groups in total. The molecule has 3 aliphatic rings. The molecule has 2 fully saturated rings. The van der Waals surface area contributed by atoms with Crippen molar-refractivity contribution in [3.8, 4) is 0 Å². The van der Waals surface area contributed by atoms with E-state index in [1.807, 2.05) is 12.2 Å². The number of hydrogen-bond acceptors (Lipinski definition) is 7. The van der Waals surface area contributed by atoms with Crippen molar-refractivity contribution in [2.75, 3.05) is 6.54 Å². The van der Waals surface area contributed by atoms with E-state index in [9.17, 15) is 27.6 Å². The highest BCUT2D eigenvalue weighted by Gasteiger charge is 2.61. The average molecular weight is 581 g/mol. The second-order valence-corrected chi connectivity index (χ2v) is 12.4. The Morgan fingerprint density at radius 3 is 2.59 bits per heavy atom. The van der Waals surface area contributed by atoms with E-state index in [-0.39, 0.29) is 19.4 Å². The molecule has 1 saturated heterocycles. The molecule has 39 heavy (non-hydrogen) atoms. The Kier molecular flexibility index (Phi) is 8.85. The highest BCUT2D eigenvalue weighted by molar-refractivity contribution is 7.89. The number of halogens is 1. The summed E-state index contributed by atoms with van der Waals surface area (Å²) in [4.78, 5) is 52.9. The minimum absolute atomic E-state index is 0.228. The number of amides is 4. The lowest BCUT2D eigenvalue weighted by atomic mass is 10.1. The zero-order chi connectivity index (χ0) is 28.2. The van der Waals surface area contributed by atoms with Crippen molar-refractivity contribution in [2.24, 2.45) is 11.7 Å². The molecule has 2 heterocycles. The molecule has 0 aromatic heterocycles. The van der Waals surface area contributed by atoms with Crippen LogP contribution in [0.25, 0.3) is 0 Å². The summed E-state index contributed by atoms with van der Waals surface area (Å²) in [5.41, 5.74) is 4.18. The predicted molar refractivity (Wildman–Crippen MR) is 143 cm³/mol. The molecule has 1 aliphatic carbocycles. The maximum atomic E-state index is 13.4. The first-order chi connectivity index (χ1) is 18.5. The van der Waals surface area contributed by atoms with Gasteiger partial charge in [-0.25, -0.2) is 13.2 Å². The third kappa shape index (κ3) is 7.10. The molecule has 0 bridgehead atoms. The molecule has 4 unspecified atom stereocenters. The summed E-state index contributed by atoms with van der Waals surface area (Å²) in [6.45, 7) is 0.285. The summed E-state index contributed by atoms with van der Waals surface area (Å²) in [6.07, 6.45) is 5.90. The van der Waals surface area contributed by atoms with Crippen molar-refractivity contribution in [3.05, 3.63) is 47.0 Å². The second kappa shape index (κ2) is 12.0. The normalized spacial score (nSPS) is 28.6. The van der Waals surface area contributed by atoms with Crippen LogP contribution in [0.5, 0.6) is 0 Å². The topological polar surface area (TPSA) is 165 Å². The molecule has 1 aromatic carbocycles. The van der Waals surface area contributed by atoms with Gasteiger partial charge in [-0.3, -0.25) is 19.1 Å². The zero-order valence-electron chi connectivity index (χ0n) is 21.4. The summed E-state index contributed by atoms with van der Waals surface area (Å²) in [5.74, 6) is -2.72.